The molecule has 2 rings (SSSR count). The summed E-state index contributed by atoms with van der Waals surface area (Å²) in [6, 6.07) is 10.4. The third-order valence-electron chi connectivity index (χ3n) is 3.07. The first-order valence-corrected chi connectivity index (χ1v) is 7.03. The summed E-state index contributed by atoms with van der Waals surface area (Å²) >= 11 is 0. The molecule has 0 saturated carbocycles. The topological polar surface area (TPSA) is 47.0 Å². The fourth-order valence-corrected chi connectivity index (χ4v) is 2.01. The van der Waals surface area contributed by atoms with Gasteiger partial charge in [0.1, 0.15) is 12.1 Å². The number of anilines is 1. The van der Waals surface area contributed by atoms with Gasteiger partial charge in [-0.15, -0.1) is 0 Å². The lowest BCUT2D eigenvalue weighted by molar-refractivity contribution is 0.296. The number of aryl methyl sites for hydroxylation is 1. The molecule has 0 amide bonds. The molecule has 1 aromatic carbocycles. The molecule has 2 aromatic rings. The highest BCUT2D eigenvalue weighted by Crippen LogP contribution is 2.20. The minimum atomic E-state index is 0.665. The number of rotatable bonds is 7. The van der Waals surface area contributed by atoms with Gasteiger partial charge in [-0.25, -0.2) is 9.97 Å². The van der Waals surface area contributed by atoms with Gasteiger partial charge in [0.25, 0.3) is 0 Å². The van der Waals surface area contributed by atoms with Gasteiger partial charge in [0.2, 0.25) is 5.88 Å². The Morgan fingerprint density at radius 3 is 2.70 bits per heavy atom. The van der Waals surface area contributed by atoms with Crippen LogP contribution < -0.4 is 10.1 Å². The predicted octanol–water partition coefficient (Wildman–Crippen LogP) is 3.23. The third kappa shape index (κ3) is 3.95. The van der Waals surface area contributed by atoms with Crippen molar-refractivity contribution in [1.29, 1.82) is 0 Å². The number of ether oxygens (including phenoxy) is 1. The minimum Gasteiger partial charge on any atom is -0.477 e. The highest BCUT2D eigenvalue weighted by molar-refractivity contribution is 5.47. The van der Waals surface area contributed by atoms with Gasteiger partial charge in [0, 0.05) is 6.54 Å². The monoisotopic (exact) mass is 271 g/mol. The molecule has 4 heteroatoms. The molecule has 0 saturated heterocycles. The minimum absolute atomic E-state index is 0.665. The van der Waals surface area contributed by atoms with Crippen molar-refractivity contribution in [3.05, 3.63) is 47.8 Å². The zero-order valence-electron chi connectivity index (χ0n) is 12.1. The smallest absolute Gasteiger partial charge is 0.221 e. The fourth-order valence-electron chi connectivity index (χ4n) is 2.01. The summed E-state index contributed by atoms with van der Waals surface area (Å²) in [4.78, 5) is 8.39. The van der Waals surface area contributed by atoms with E-state index in [1.54, 1.807) is 0 Å². The summed E-state index contributed by atoms with van der Waals surface area (Å²) in [7, 11) is 0. The Bertz CT molecular complexity index is 529. The van der Waals surface area contributed by atoms with Gasteiger partial charge in [-0.3, -0.25) is 0 Å². The molecule has 1 heterocycles. The summed E-state index contributed by atoms with van der Waals surface area (Å²) in [5.41, 5.74) is 2.30. The Kier molecular flexibility index (Phi) is 5.35. The number of nitrogens with zero attached hydrogens (tertiary/aromatic N) is 2. The van der Waals surface area contributed by atoms with E-state index >= 15 is 0 Å². The van der Waals surface area contributed by atoms with Crippen molar-refractivity contribution in [2.24, 2.45) is 0 Å². The molecule has 0 atom stereocenters. The molecular weight excluding hydrogens is 250 g/mol. The third-order valence-corrected chi connectivity index (χ3v) is 3.07. The van der Waals surface area contributed by atoms with Crippen LogP contribution in [0.25, 0.3) is 0 Å². The summed E-state index contributed by atoms with van der Waals surface area (Å²) in [5, 5.41) is 3.20. The summed E-state index contributed by atoms with van der Waals surface area (Å²) in [5.74, 6) is 1.52. The average Bonchev–Trinajstić information content (AvgIpc) is 2.48. The Morgan fingerprint density at radius 1 is 1.15 bits per heavy atom. The van der Waals surface area contributed by atoms with Crippen molar-refractivity contribution < 1.29 is 4.74 Å². The Morgan fingerprint density at radius 2 is 1.95 bits per heavy atom. The van der Waals surface area contributed by atoms with Crippen LogP contribution in [0.15, 0.2) is 36.7 Å². The number of nitrogens with one attached hydrogen (secondary N) is 1. The van der Waals surface area contributed by atoms with E-state index in [4.69, 9.17) is 4.74 Å². The molecule has 1 aromatic heterocycles. The summed E-state index contributed by atoms with van der Waals surface area (Å²) in [6.45, 7) is 5.52. The van der Waals surface area contributed by atoms with Crippen molar-refractivity contribution in [2.45, 2.75) is 26.7 Å². The fraction of sp³-hybridized carbons (Fsp3) is 0.375. The van der Waals surface area contributed by atoms with Crippen molar-refractivity contribution in [1.82, 2.24) is 9.97 Å². The highest BCUT2D eigenvalue weighted by atomic mass is 16.5. The van der Waals surface area contributed by atoms with Gasteiger partial charge in [0.05, 0.1) is 12.2 Å². The van der Waals surface area contributed by atoms with E-state index in [9.17, 15) is 0 Å². The Labute approximate surface area is 120 Å². The number of aromatic nitrogens is 2. The van der Waals surface area contributed by atoms with Crippen molar-refractivity contribution >= 4 is 5.82 Å². The van der Waals surface area contributed by atoms with Crippen LogP contribution in [0, 0.1) is 6.92 Å². The predicted molar refractivity (Wildman–Crippen MR) is 81.2 cm³/mol. The molecule has 106 valence electrons. The van der Waals surface area contributed by atoms with Gasteiger partial charge < -0.3 is 10.1 Å². The normalized spacial score (nSPS) is 10.3. The quantitative estimate of drug-likeness (QED) is 0.785. The van der Waals surface area contributed by atoms with Gasteiger partial charge in [-0.2, -0.15) is 0 Å². The van der Waals surface area contributed by atoms with Crippen molar-refractivity contribution in [3.63, 3.8) is 0 Å². The molecular formula is C16H21N3O. The van der Waals surface area contributed by atoms with Gasteiger partial charge >= 0.3 is 0 Å². The molecule has 20 heavy (non-hydrogen) atoms. The second-order valence-electron chi connectivity index (χ2n) is 4.62. The van der Waals surface area contributed by atoms with Crippen LogP contribution in [0.3, 0.4) is 0 Å². The second-order valence-corrected chi connectivity index (χ2v) is 4.62. The van der Waals surface area contributed by atoms with Crippen molar-refractivity contribution in [3.8, 4) is 5.88 Å². The van der Waals surface area contributed by atoms with E-state index in [2.05, 4.69) is 39.6 Å². The molecule has 1 N–H and O–H groups in total. The summed E-state index contributed by atoms with van der Waals surface area (Å²) in [6.07, 6.45) is 3.53. The molecule has 0 aliphatic rings. The van der Waals surface area contributed by atoms with E-state index in [-0.39, 0.29) is 0 Å². The molecule has 0 spiro atoms. The van der Waals surface area contributed by atoms with E-state index < -0.39 is 0 Å². The van der Waals surface area contributed by atoms with Crippen LogP contribution in [0.2, 0.25) is 0 Å². The number of hydrogen-bond donors (Lipinski definition) is 1. The highest BCUT2D eigenvalue weighted by Gasteiger charge is 2.07. The van der Waals surface area contributed by atoms with Crippen LogP contribution in [-0.4, -0.2) is 23.1 Å². The van der Waals surface area contributed by atoms with Gasteiger partial charge in [-0.1, -0.05) is 30.3 Å². The maximum atomic E-state index is 5.75. The lowest BCUT2D eigenvalue weighted by Crippen LogP contribution is -2.07. The first-order chi connectivity index (χ1) is 9.81. The van der Waals surface area contributed by atoms with Gasteiger partial charge in [-0.05, 0) is 32.3 Å². The molecule has 0 aliphatic heterocycles. The Hall–Kier alpha value is -2.10. The number of hydrogen-bond acceptors (Lipinski definition) is 4. The zero-order valence-corrected chi connectivity index (χ0v) is 12.1. The largest absolute Gasteiger partial charge is 0.477 e. The molecule has 0 fully saturated rings. The Balaban J connectivity index is 1.83. The molecule has 0 radical (unpaired) electrons. The zero-order chi connectivity index (χ0) is 14.2. The molecule has 0 bridgehead atoms. The van der Waals surface area contributed by atoms with Gasteiger partial charge in [0.15, 0.2) is 0 Å². The van der Waals surface area contributed by atoms with E-state index in [0.717, 1.165) is 30.8 Å². The second kappa shape index (κ2) is 7.48. The van der Waals surface area contributed by atoms with Crippen molar-refractivity contribution in [2.75, 3.05) is 18.5 Å². The van der Waals surface area contributed by atoms with Crippen LogP contribution in [0.1, 0.15) is 24.5 Å². The van der Waals surface area contributed by atoms with E-state index in [1.165, 1.54) is 11.9 Å². The first kappa shape index (κ1) is 14.3. The lowest BCUT2D eigenvalue weighted by atomic mass is 10.1. The van der Waals surface area contributed by atoms with Crippen LogP contribution in [0.4, 0.5) is 5.82 Å². The maximum Gasteiger partial charge on any atom is 0.221 e. The SMILES string of the molecule is CCNc1ncnc(OCCCc2ccccc2)c1C. The van der Waals surface area contributed by atoms with E-state index in [0.29, 0.717) is 12.5 Å². The standard InChI is InChI=1S/C16H21N3O/c1-3-17-15-13(2)16(19-12-18-15)20-11-7-10-14-8-5-4-6-9-14/h4-6,8-9,12H,3,7,10-11H2,1-2H3,(H,17,18,19). The average molecular weight is 271 g/mol. The number of benzene rings is 1. The van der Waals surface area contributed by atoms with Crippen LogP contribution in [0.5, 0.6) is 5.88 Å². The first-order valence-electron chi connectivity index (χ1n) is 7.03. The maximum absolute atomic E-state index is 5.75. The molecule has 0 aliphatic carbocycles. The molecule has 4 nitrogen and oxygen atoms in total. The van der Waals surface area contributed by atoms with Crippen LogP contribution >= 0.6 is 0 Å². The molecule has 0 unspecified atom stereocenters. The summed E-state index contributed by atoms with van der Waals surface area (Å²) < 4.78 is 5.75. The van der Waals surface area contributed by atoms with Crippen LogP contribution in [-0.2, 0) is 6.42 Å². The van der Waals surface area contributed by atoms with E-state index in [1.807, 2.05) is 19.9 Å². The lowest BCUT2D eigenvalue weighted by Gasteiger charge is -2.11.